The summed E-state index contributed by atoms with van der Waals surface area (Å²) in [4.78, 5) is 23.5. The smallest absolute Gasteiger partial charge is 0.306 e. The van der Waals surface area contributed by atoms with Gasteiger partial charge in [0.1, 0.15) is 11.6 Å². The van der Waals surface area contributed by atoms with Crippen LogP contribution >= 0.6 is 11.6 Å². The summed E-state index contributed by atoms with van der Waals surface area (Å²) in [6, 6.07) is 11.2. The first kappa shape index (κ1) is 18.7. The number of hydrogen-bond donors (Lipinski definition) is 1. The number of benzene rings is 2. The zero-order valence-electron chi connectivity index (χ0n) is 13.6. The van der Waals surface area contributed by atoms with E-state index in [1.807, 2.05) is 18.2 Å². The van der Waals surface area contributed by atoms with E-state index in [0.29, 0.717) is 12.2 Å². The van der Waals surface area contributed by atoms with Crippen molar-refractivity contribution in [2.24, 2.45) is 0 Å². The average molecular weight is 366 g/mol. The summed E-state index contributed by atoms with van der Waals surface area (Å²) in [5.74, 6) is -1.14. The Morgan fingerprint density at radius 3 is 2.68 bits per heavy atom. The molecule has 25 heavy (non-hydrogen) atoms. The van der Waals surface area contributed by atoms with Gasteiger partial charge in [-0.1, -0.05) is 29.8 Å². The monoisotopic (exact) mass is 365 g/mol. The van der Waals surface area contributed by atoms with Gasteiger partial charge < -0.3 is 14.8 Å². The first-order valence-electron chi connectivity index (χ1n) is 7.52. The maximum Gasteiger partial charge on any atom is 0.306 e. The molecule has 0 bridgehead atoms. The van der Waals surface area contributed by atoms with Gasteiger partial charge in [0, 0.05) is 11.4 Å². The average Bonchev–Trinajstić information content (AvgIpc) is 2.60. The molecule has 2 aromatic rings. The number of carbonyl (C=O) groups excluding carboxylic acids is 2. The first-order chi connectivity index (χ1) is 12.0. The summed E-state index contributed by atoms with van der Waals surface area (Å²) in [6.07, 6.45) is 0.527. The standard InChI is InChI=1S/C18H17ClFNO4/c1-24-16-5-3-2-4-12(16)6-9-18(23)25-11-17(22)21-15-8-7-13(19)10-14(15)20/h2-5,7-8,10H,6,9,11H2,1H3,(H,21,22). The van der Waals surface area contributed by atoms with Crippen molar-refractivity contribution in [3.8, 4) is 5.75 Å². The molecule has 0 atom stereocenters. The van der Waals surface area contributed by atoms with E-state index in [1.54, 1.807) is 13.2 Å². The van der Waals surface area contributed by atoms with E-state index in [-0.39, 0.29) is 17.1 Å². The SMILES string of the molecule is COc1ccccc1CCC(=O)OCC(=O)Nc1ccc(Cl)cc1F. The Kier molecular flexibility index (Phi) is 6.77. The van der Waals surface area contributed by atoms with E-state index in [1.165, 1.54) is 12.1 Å². The topological polar surface area (TPSA) is 64.6 Å². The number of methoxy groups -OCH3 is 1. The van der Waals surface area contributed by atoms with Crippen molar-refractivity contribution in [1.82, 2.24) is 0 Å². The number of anilines is 1. The van der Waals surface area contributed by atoms with Crippen LogP contribution in [-0.4, -0.2) is 25.6 Å². The van der Waals surface area contributed by atoms with Gasteiger partial charge in [0.05, 0.1) is 12.8 Å². The van der Waals surface area contributed by atoms with Crippen LogP contribution in [0.5, 0.6) is 5.75 Å². The molecule has 0 spiro atoms. The van der Waals surface area contributed by atoms with Crippen LogP contribution in [0.25, 0.3) is 0 Å². The molecule has 0 radical (unpaired) electrons. The molecule has 0 aliphatic carbocycles. The van der Waals surface area contributed by atoms with Gasteiger partial charge >= 0.3 is 5.97 Å². The number of esters is 1. The minimum Gasteiger partial charge on any atom is -0.496 e. The summed E-state index contributed by atoms with van der Waals surface area (Å²) in [6.45, 7) is -0.493. The molecule has 2 aromatic carbocycles. The third-order valence-electron chi connectivity index (χ3n) is 3.36. The number of carbonyl (C=O) groups is 2. The maximum absolute atomic E-state index is 13.6. The second-order valence-corrected chi connectivity index (χ2v) is 5.58. The van der Waals surface area contributed by atoms with Crippen LogP contribution in [0.15, 0.2) is 42.5 Å². The molecule has 0 saturated carbocycles. The van der Waals surface area contributed by atoms with E-state index < -0.39 is 24.3 Å². The van der Waals surface area contributed by atoms with Crippen molar-refractivity contribution in [1.29, 1.82) is 0 Å². The Morgan fingerprint density at radius 2 is 1.96 bits per heavy atom. The number of aryl methyl sites for hydroxylation is 1. The van der Waals surface area contributed by atoms with Gasteiger partial charge in [-0.05, 0) is 36.2 Å². The van der Waals surface area contributed by atoms with Crippen molar-refractivity contribution >= 4 is 29.2 Å². The molecule has 0 aliphatic heterocycles. The number of rotatable bonds is 7. The molecular weight excluding hydrogens is 349 g/mol. The Hall–Kier alpha value is -2.60. The van der Waals surface area contributed by atoms with Crippen LogP contribution in [0, 0.1) is 5.82 Å². The molecule has 0 fully saturated rings. The molecule has 1 amide bonds. The fourth-order valence-corrected chi connectivity index (χ4v) is 2.30. The van der Waals surface area contributed by atoms with Crippen LogP contribution < -0.4 is 10.1 Å². The highest BCUT2D eigenvalue weighted by atomic mass is 35.5. The maximum atomic E-state index is 13.6. The molecule has 0 saturated heterocycles. The second kappa shape index (κ2) is 9.03. The van der Waals surface area contributed by atoms with Gasteiger partial charge in [-0.2, -0.15) is 0 Å². The van der Waals surface area contributed by atoms with Gasteiger partial charge in [0.2, 0.25) is 0 Å². The lowest BCUT2D eigenvalue weighted by molar-refractivity contribution is -0.147. The molecule has 5 nitrogen and oxygen atoms in total. The van der Waals surface area contributed by atoms with Crippen molar-refractivity contribution in [2.45, 2.75) is 12.8 Å². The van der Waals surface area contributed by atoms with Crippen molar-refractivity contribution in [3.05, 3.63) is 58.9 Å². The highest BCUT2D eigenvalue weighted by Crippen LogP contribution is 2.20. The van der Waals surface area contributed by atoms with Gasteiger partial charge in [0.15, 0.2) is 6.61 Å². The lowest BCUT2D eigenvalue weighted by Crippen LogP contribution is -2.21. The number of para-hydroxylation sites is 1. The normalized spacial score (nSPS) is 10.2. The number of hydrogen-bond acceptors (Lipinski definition) is 4. The molecule has 0 aliphatic rings. The summed E-state index contributed by atoms with van der Waals surface area (Å²) in [7, 11) is 1.55. The summed E-state index contributed by atoms with van der Waals surface area (Å²) < 4.78 is 23.7. The Balaban J connectivity index is 1.78. The van der Waals surface area contributed by atoms with Crippen LogP contribution in [0.1, 0.15) is 12.0 Å². The molecule has 1 N–H and O–H groups in total. The van der Waals surface area contributed by atoms with Crippen molar-refractivity contribution in [2.75, 3.05) is 19.0 Å². The third-order valence-corrected chi connectivity index (χ3v) is 3.60. The largest absolute Gasteiger partial charge is 0.496 e. The zero-order valence-corrected chi connectivity index (χ0v) is 14.3. The van der Waals surface area contributed by atoms with E-state index in [4.69, 9.17) is 21.1 Å². The highest BCUT2D eigenvalue weighted by molar-refractivity contribution is 6.30. The van der Waals surface area contributed by atoms with Crippen molar-refractivity contribution < 1.29 is 23.5 Å². The van der Waals surface area contributed by atoms with Gasteiger partial charge in [-0.15, -0.1) is 0 Å². The Morgan fingerprint density at radius 1 is 1.20 bits per heavy atom. The van der Waals surface area contributed by atoms with Gasteiger partial charge in [0.25, 0.3) is 5.91 Å². The number of amides is 1. The van der Waals surface area contributed by atoms with E-state index >= 15 is 0 Å². The fourth-order valence-electron chi connectivity index (χ4n) is 2.14. The zero-order chi connectivity index (χ0) is 18.2. The first-order valence-corrected chi connectivity index (χ1v) is 7.90. The van der Waals surface area contributed by atoms with Gasteiger partial charge in [-0.3, -0.25) is 9.59 Å². The third kappa shape index (κ3) is 5.76. The fraction of sp³-hybridized carbons (Fsp3) is 0.222. The van der Waals surface area contributed by atoms with Crippen LogP contribution in [0.3, 0.4) is 0 Å². The lowest BCUT2D eigenvalue weighted by atomic mass is 10.1. The van der Waals surface area contributed by atoms with E-state index in [9.17, 15) is 14.0 Å². The minimum atomic E-state index is -0.664. The molecule has 0 heterocycles. The van der Waals surface area contributed by atoms with Crippen LogP contribution in [0.2, 0.25) is 5.02 Å². The summed E-state index contributed by atoms with van der Waals surface area (Å²) >= 11 is 5.63. The van der Waals surface area contributed by atoms with Gasteiger partial charge in [-0.25, -0.2) is 4.39 Å². The van der Waals surface area contributed by atoms with Crippen LogP contribution in [0.4, 0.5) is 10.1 Å². The Bertz CT molecular complexity index is 766. The van der Waals surface area contributed by atoms with Crippen LogP contribution in [-0.2, 0) is 20.7 Å². The summed E-state index contributed by atoms with van der Waals surface area (Å²) in [5, 5.41) is 2.54. The minimum absolute atomic E-state index is 0.0283. The molecule has 0 unspecified atom stereocenters. The molecule has 7 heteroatoms. The van der Waals surface area contributed by atoms with E-state index in [0.717, 1.165) is 11.6 Å². The second-order valence-electron chi connectivity index (χ2n) is 5.14. The quantitative estimate of drug-likeness (QED) is 0.761. The number of ether oxygens (including phenoxy) is 2. The predicted molar refractivity (Wildman–Crippen MR) is 92.3 cm³/mol. The van der Waals surface area contributed by atoms with E-state index in [2.05, 4.69) is 5.32 Å². The Labute approximate surface area is 149 Å². The predicted octanol–water partition coefficient (Wildman–Crippen LogP) is 3.60. The molecule has 2 rings (SSSR count). The summed E-state index contributed by atoms with van der Waals surface area (Å²) in [5.41, 5.74) is 0.842. The van der Waals surface area contributed by atoms with Crippen molar-refractivity contribution in [3.63, 3.8) is 0 Å². The number of halogens is 2. The highest BCUT2D eigenvalue weighted by Gasteiger charge is 2.11. The molecular formula is C18H17ClFNO4. The molecule has 132 valence electrons. The lowest BCUT2D eigenvalue weighted by Gasteiger charge is -2.09. The number of nitrogens with one attached hydrogen (secondary N) is 1. The molecule has 0 aromatic heterocycles.